The Balaban J connectivity index is 1.34. The Kier molecular flexibility index (Phi) is 12.5. The summed E-state index contributed by atoms with van der Waals surface area (Å²) in [4.78, 5) is 29.6. The number of rotatable bonds is 13. The summed E-state index contributed by atoms with van der Waals surface area (Å²) in [6, 6.07) is 20.7. The third kappa shape index (κ3) is 8.97. The second-order valence-corrected chi connectivity index (χ2v) is 18.2. The second-order valence-electron chi connectivity index (χ2n) is 15.7. The minimum atomic E-state index is -3.61. The number of amides is 2. The summed E-state index contributed by atoms with van der Waals surface area (Å²) in [5.74, 6) is 0.302. The average molecular weight is 788 g/mol. The van der Waals surface area contributed by atoms with E-state index < -0.39 is 33.6 Å². The van der Waals surface area contributed by atoms with Gasteiger partial charge in [0.1, 0.15) is 21.8 Å². The molecule has 55 heavy (non-hydrogen) atoms. The lowest BCUT2D eigenvalue weighted by Crippen LogP contribution is -2.52. The Morgan fingerprint density at radius 2 is 1.93 bits per heavy atom. The van der Waals surface area contributed by atoms with Gasteiger partial charge in [0, 0.05) is 36.2 Å². The molecule has 3 aliphatic rings. The van der Waals surface area contributed by atoms with Crippen LogP contribution in [0.5, 0.6) is 5.75 Å². The van der Waals surface area contributed by atoms with Crippen LogP contribution in [0.25, 0.3) is 0 Å². The Bertz CT molecular complexity index is 2030. The van der Waals surface area contributed by atoms with Crippen LogP contribution in [0.15, 0.2) is 96.4 Å². The summed E-state index contributed by atoms with van der Waals surface area (Å²) in [5, 5.41) is 0.724. The fourth-order valence-electron chi connectivity index (χ4n) is 8.59. The van der Waals surface area contributed by atoms with Gasteiger partial charge in [-0.3, -0.25) is 4.79 Å². The van der Waals surface area contributed by atoms with E-state index in [1.807, 2.05) is 55.5 Å². The summed E-state index contributed by atoms with van der Waals surface area (Å²) in [7, 11) is -1.87. The Hall–Kier alpha value is -4.12. The SMILES string of the molecule is C=CC[C@H](C)CS(=O)(=NC(=O)c1ccc2c(c1)N(C[C@@H]1CC[C@H]1[C@@](C)(C=C)OC)C[C@@]1(CCCc3cc(Cl)ccc31)CO2)NC(=O)O[C@@H](C)c1ccccc1. The van der Waals surface area contributed by atoms with Gasteiger partial charge in [-0.05, 0) is 117 Å². The fraction of sp³-hybridized carbons (Fsp3) is 0.455. The van der Waals surface area contributed by atoms with E-state index in [1.165, 1.54) is 11.1 Å². The van der Waals surface area contributed by atoms with Crippen molar-refractivity contribution in [2.24, 2.45) is 22.1 Å². The number of methoxy groups -OCH3 is 1. The predicted molar refractivity (Wildman–Crippen MR) is 220 cm³/mol. The normalized spacial score (nSPS) is 23.5. The molecule has 294 valence electrons. The quantitative estimate of drug-likeness (QED) is 0.172. The molecule has 3 aromatic carbocycles. The number of halogens is 1. The molecule has 1 aliphatic heterocycles. The molecule has 6 rings (SSSR count). The number of fused-ring (bicyclic) bond motifs is 3. The molecule has 3 aromatic rings. The standard InChI is InChI=1S/C44H54ClN3O6S/c1-7-13-30(3)27-55(51,47-42(50)54-31(4)32-14-10-9-11-15-32)46-41(49)34-18-22-40-39(25-34)48(26-35-17-20-37(35)43(5,8-2)52-6)28-44(29-53-40)23-12-16-33-24-36(45)19-21-38(33)44/h7-11,14-15,18-19,21-22,24-25,30-31,35,37H,1-2,12-13,16-17,20,23,26-29H2,3-6H3,(H,46,47,49,50,51)/t30-,31-,35-,37+,43+,44-,55?/m0/s1. The summed E-state index contributed by atoms with van der Waals surface area (Å²) >= 11 is 6.47. The van der Waals surface area contributed by atoms with Crippen LogP contribution in [0, 0.1) is 17.8 Å². The number of anilines is 1. The molecular weight excluding hydrogens is 734 g/mol. The Morgan fingerprint density at radius 3 is 2.62 bits per heavy atom. The first kappa shape index (κ1) is 40.5. The Morgan fingerprint density at radius 1 is 1.15 bits per heavy atom. The topological polar surface area (TPSA) is 107 Å². The van der Waals surface area contributed by atoms with Gasteiger partial charge < -0.3 is 19.1 Å². The van der Waals surface area contributed by atoms with Gasteiger partial charge in [-0.15, -0.1) is 17.5 Å². The van der Waals surface area contributed by atoms with Gasteiger partial charge in [0.15, 0.2) is 0 Å². The number of ether oxygens (including phenoxy) is 3. The number of carbonyl (C=O) groups is 2. The van der Waals surface area contributed by atoms with Crippen molar-refractivity contribution in [3.05, 3.63) is 119 Å². The van der Waals surface area contributed by atoms with Gasteiger partial charge in [-0.25, -0.2) is 13.7 Å². The third-order valence-electron chi connectivity index (χ3n) is 11.8. The smallest absolute Gasteiger partial charge is 0.420 e. The maximum absolute atomic E-state index is 14.4. The second kappa shape index (κ2) is 16.9. The average Bonchev–Trinajstić information content (AvgIpc) is 3.29. The molecule has 0 saturated heterocycles. The van der Waals surface area contributed by atoms with Crippen molar-refractivity contribution in [2.45, 2.75) is 76.4 Å². The van der Waals surface area contributed by atoms with Crippen LogP contribution in [0.2, 0.25) is 5.02 Å². The summed E-state index contributed by atoms with van der Waals surface area (Å²) in [6.07, 6.45) is 7.59. The largest absolute Gasteiger partial charge is 0.490 e. The lowest BCUT2D eigenvalue weighted by atomic mass is 9.64. The predicted octanol–water partition coefficient (Wildman–Crippen LogP) is 9.65. The van der Waals surface area contributed by atoms with Gasteiger partial charge in [0.2, 0.25) is 0 Å². The van der Waals surface area contributed by atoms with Crippen LogP contribution in [0.1, 0.15) is 86.0 Å². The van der Waals surface area contributed by atoms with Crippen LogP contribution in [-0.4, -0.2) is 54.4 Å². The molecule has 2 amide bonds. The maximum atomic E-state index is 14.4. The van der Waals surface area contributed by atoms with Crippen LogP contribution in [-0.2, 0) is 31.2 Å². The van der Waals surface area contributed by atoms with Crippen molar-refractivity contribution in [1.82, 2.24) is 4.72 Å². The fourth-order valence-corrected chi connectivity index (χ4v) is 10.6. The lowest BCUT2D eigenvalue weighted by Gasteiger charge is -2.49. The zero-order chi connectivity index (χ0) is 39.4. The number of allylic oxidation sites excluding steroid dienone is 1. The van der Waals surface area contributed by atoms with E-state index in [4.69, 9.17) is 25.8 Å². The highest BCUT2D eigenvalue weighted by Crippen LogP contribution is 2.48. The molecule has 1 saturated carbocycles. The van der Waals surface area contributed by atoms with E-state index in [0.29, 0.717) is 31.2 Å². The zero-order valence-electron chi connectivity index (χ0n) is 32.4. The van der Waals surface area contributed by atoms with Crippen molar-refractivity contribution < 1.29 is 28.0 Å². The number of carbonyl (C=O) groups excluding carboxylic acids is 2. The van der Waals surface area contributed by atoms with E-state index >= 15 is 0 Å². The molecule has 0 aromatic heterocycles. The molecule has 0 bridgehead atoms. The van der Waals surface area contributed by atoms with Crippen LogP contribution in [0.3, 0.4) is 0 Å². The molecule has 1 N–H and O–H groups in total. The number of hydrogen-bond acceptors (Lipinski definition) is 7. The minimum absolute atomic E-state index is 0.0592. The highest BCUT2D eigenvalue weighted by molar-refractivity contribution is 7.92. The van der Waals surface area contributed by atoms with Crippen molar-refractivity contribution in [1.29, 1.82) is 0 Å². The molecule has 0 radical (unpaired) electrons. The van der Waals surface area contributed by atoms with Gasteiger partial charge in [-0.1, -0.05) is 67.1 Å². The molecule has 11 heteroatoms. The first-order chi connectivity index (χ1) is 26.3. The van der Waals surface area contributed by atoms with E-state index in [2.05, 4.69) is 46.2 Å². The molecule has 1 unspecified atom stereocenters. The Labute approximate surface area is 331 Å². The summed E-state index contributed by atoms with van der Waals surface area (Å²) in [5.41, 5.74) is 3.52. The first-order valence-corrected chi connectivity index (χ1v) is 21.3. The number of nitrogens with zero attached hydrogens (tertiary/aromatic N) is 2. The van der Waals surface area contributed by atoms with E-state index in [1.54, 1.807) is 32.2 Å². The number of hydrogen-bond donors (Lipinski definition) is 1. The van der Waals surface area contributed by atoms with Crippen molar-refractivity contribution in [2.75, 3.05) is 37.5 Å². The first-order valence-electron chi connectivity index (χ1n) is 19.2. The number of nitrogens with one attached hydrogen (secondary N) is 1. The van der Waals surface area contributed by atoms with Crippen LogP contribution in [0.4, 0.5) is 10.5 Å². The summed E-state index contributed by atoms with van der Waals surface area (Å²) in [6.45, 7) is 15.5. The van der Waals surface area contributed by atoms with Gasteiger partial charge >= 0.3 is 6.09 Å². The monoisotopic (exact) mass is 787 g/mol. The maximum Gasteiger partial charge on any atom is 0.420 e. The third-order valence-corrected chi connectivity index (χ3v) is 14.0. The molecule has 1 spiro atoms. The highest BCUT2D eigenvalue weighted by atomic mass is 35.5. The lowest BCUT2D eigenvalue weighted by molar-refractivity contribution is -0.0617. The van der Waals surface area contributed by atoms with E-state index in [0.717, 1.165) is 54.9 Å². The van der Waals surface area contributed by atoms with Crippen molar-refractivity contribution in [3.8, 4) is 5.75 Å². The van der Waals surface area contributed by atoms with Crippen LogP contribution < -0.4 is 14.4 Å². The van der Waals surface area contributed by atoms with Crippen molar-refractivity contribution >= 4 is 39.2 Å². The minimum Gasteiger partial charge on any atom is -0.490 e. The highest BCUT2D eigenvalue weighted by Gasteiger charge is 2.47. The number of benzene rings is 3. The van der Waals surface area contributed by atoms with E-state index in [9.17, 15) is 13.8 Å². The molecular formula is C44H54ClN3O6S. The molecule has 1 fully saturated rings. The molecule has 1 heterocycles. The zero-order valence-corrected chi connectivity index (χ0v) is 34.0. The molecule has 7 atom stereocenters. The summed E-state index contributed by atoms with van der Waals surface area (Å²) < 4.78 is 39.4. The van der Waals surface area contributed by atoms with E-state index in [-0.39, 0.29) is 28.6 Å². The molecule has 2 aliphatic carbocycles. The van der Waals surface area contributed by atoms with Gasteiger partial charge in [0.05, 0.1) is 23.6 Å². The van der Waals surface area contributed by atoms with Gasteiger partial charge in [-0.2, -0.15) is 0 Å². The number of aryl methyl sites for hydroxylation is 1. The molecule has 9 nitrogen and oxygen atoms in total. The van der Waals surface area contributed by atoms with Crippen LogP contribution >= 0.6 is 11.6 Å². The van der Waals surface area contributed by atoms with Crippen molar-refractivity contribution in [3.63, 3.8) is 0 Å². The van der Waals surface area contributed by atoms with Gasteiger partial charge in [0.25, 0.3) is 5.91 Å².